The van der Waals surface area contributed by atoms with E-state index in [-0.39, 0.29) is 6.61 Å². The predicted octanol–water partition coefficient (Wildman–Crippen LogP) is 3.23. The van der Waals surface area contributed by atoms with E-state index in [1.54, 1.807) is 11.3 Å². The van der Waals surface area contributed by atoms with Crippen LogP contribution in [0.1, 0.15) is 16.1 Å². The molecule has 1 heterocycles. The number of rotatable bonds is 4. The SMILES string of the molecule is Cc1c(CCO)sc[n+]1Cc1ccccc1.F[B-](F)(F)F. The minimum Gasteiger partial charge on any atom is -0.418 e. The molecule has 21 heavy (non-hydrogen) atoms. The third-order valence-corrected chi connectivity index (χ3v) is 3.84. The van der Waals surface area contributed by atoms with Gasteiger partial charge in [-0.25, -0.2) is 0 Å². The number of benzene rings is 1. The Morgan fingerprint density at radius 3 is 2.24 bits per heavy atom. The molecule has 116 valence electrons. The van der Waals surface area contributed by atoms with Gasteiger partial charge in [-0.05, 0) is 0 Å². The second-order valence-electron chi connectivity index (χ2n) is 4.31. The van der Waals surface area contributed by atoms with Crippen molar-refractivity contribution in [2.24, 2.45) is 0 Å². The highest BCUT2D eigenvalue weighted by Gasteiger charge is 2.20. The zero-order valence-corrected chi connectivity index (χ0v) is 12.3. The molecular formula is C13H16BF4NOS. The van der Waals surface area contributed by atoms with Crippen LogP contribution in [0.5, 0.6) is 0 Å². The van der Waals surface area contributed by atoms with Crippen LogP contribution in [0.4, 0.5) is 17.3 Å². The molecule has 0 saturated carbocycles. The lowest BCUT2D eigenvalue weighted by Gasteiger charge is -1.97. The van der Waals surface area contributed by atoms with E-state index in [0.717, 1.165) is 13.0 Å². The molecule has 1 aromatic heterocycles. The monoisotopic (exact) mass is 321 g/mol. The fraction of sp³-hybridized carbons (Fsp3) is 0.308. The molecule has 0 aliphatic rings. The highest BCUT2D eigenvalue weighted by atomic mass is 32.1. The molecule has 0 amide bonds. The van der Waals surface area contributed by atoms with Crippen molar-refractivity contribution in [3.63, 3.8) is 0 Å². The fourth-order valence-corrected chi connectivity index (χ4v) is 2.71. The lowest BCUT2D eigenvalue weighted by atomic mass is 10.2. The molecule has 0 bridgehead atoms. The van der Waals surface area contributed by atoms with Crippen LogP contribution in [-0.2, 0) is 13.0 Å². The molecule has 0 atom stereocenters. The zero-order valence-electron chi connectivity index (χ0n) is 11.5. The first kappa shape index (κ1) is 17.6. The molecule has 0 aliphatic heterocycles. The maximum Gasteiger partial charge on any atom is 0.673 e. The van der Waals surface area contributed by atoms with Gasteiger partial charge < -0.3 is 22.4 Å². The van der Waals surface area contributed by atoms with Crippen LogP contribution in [0.2, 0.25) is 0 Å². The molecule has 1 aromatic carbocycles. The maximum absolute atomic E-state index is 9.75. The Balaban J connectivity index is 0.000000383. The quantitative estimate of drug-likeness (QED) is 0.522. The number of nitrogens with zero attached hydrogens (tertiary/aromatic N) is 1. The molecule has 2 aromatic rings. The van der Waals surface area contributed by atoms with Crippen LogP contribution in [0, 0.1) is 6.92 Å². The van der Waals surface area contributed by atoms with Gasteiger partial charge in [0.2, 0.25) is 5.51 Å². The third kappa shape index (κ3) is 7.24. The van der Waals surface area contributed by atoms with Gasteiger partial charge in [-0.3, -0.25) is 0 Å². The van der Waals surface area contributed by atoms with E-state index in [1.807, 2.05) is 6.07 Å². The summed E-state index contributed by atoms with van der Waals surface area (Å²) < 4.78 is 41.2. The number of hydrogen-bond acceptors (Lipinski definition) is 2. The van der Waals surface area contributed by atoms with Gasteiger partial charge in [0.15, 0.2) is 12.2 Å². The topological polar surface area (TPSA) is 24.1 Å². The van der Waals surface area contributed by atoms with Crippen molar-refractivity contribution >= 4 is 18.6 Å². The summed E-state index contributed by atoms with van der Waals surface area (Å²) in [4.78, 5) is 1.28. The van der Waals surface area contributed by atoms with E-state index in [9.17, 15) is 17.3 Å². The molecule has 0 radical (unpaired) electrons. The molecule has 1 N–H and O–H groups in total. The van der Waals surface area contributed by atoms with Crippen LogP contribution >= 0.6 is 11.3 Å². The van der Waals surface area contributed by atoms with Crippen LogP contribution in [-0.4, -0.2) is 19.0 Å². The van der Waals surface area contributed by atoms with Gasteiger partial charge in [-0.1, -0.05) is 41.7 Å². The van der Waals surface area contributed by atoms with Crippen molar-refractivity contribution in [1.29, 1.82) is 0 Å². The molecule has 0 aliphatic carbocycles. The highest BCUT2D eigenvalue weighted by molar-refractivity contribution is 7.09. The second-order valence-corrected chi connectivity index (χ2v) is 5.25. The first-order valence-electron chi connectivity index (χ1n) is 6.29. The van der Waals surface area contributed by atoms with Crippen molar-refractivity contribution in [2.75, 3.05) is 6.61 Å². The lowest BCUT2D eigenvalue weighted by molar-refractivity contribution is -0.689. The van der Waals surface area contributed by atoms with E-state index in [4.69, 9.17) is 5.11 Å². The third-order valence-electron chi connectivity index (χ3n) is 2.69. The van der Waals surface area contributed by atoms with Gasteiger partial charge in [0.25, 0.3) is 0 Å². The smallest absolute Gasteiger partial charge is 0.418 e. The summed E-state index contributed by atoms with van der Waals surface area (Å²) in [5.74, 6) is 0. The first-order chi connectivity index (χ1) is 9.81. The molecule has 0 unspecified atom stereocenters. The first-order valence-corrected chi connectivity index (χ1v) is 7.17. The van der Waals surface area contributed by atoms with E-state index >= 15 is 0 Å². The van der Waals surface area contributed by atoms with Crippen molar-refractivity contribution in [2.45, 2.75) is 19.9 Å². The van der Waals surface area contributed by atoms with Crippen molar-refractivity contribution in [3.05, 3.63) is 52.0 Å². The van der Waals surface area contributed by atoms with Gasteiger partial charge in [-0.2, -0.15) is 4.57 Å². The van der Waals surface area contributed by atoms with Gasteiger partial charge in [0, 0.05) is 25.5 Å². The summed E-state index contributed by atoms with van der Waals surface area (Å²) >= 11 is 1.72. The second kappa shape index (κ2) is 8.14. The minimum absolute atomic E-state index is 0.229. The van der Waals surface area contributed by atoms with Crippen molar-refractivity contribution in [3.8, 4) is 0 Å². The molecule has 0 saturated heterocycles. The molecular weight excluding hydrogens is 305 g/mol. The minimum atomic E-state index is -6.00. The summed E-state index contributed by atoms with van der Waals surface area (Å²) in [7, 11) is -6.00. The Bertz CT molecular complexity index is 539. The van der Waals surface area contributed by atoms with Crippen LogP contribution in [0.3, 0.4) is 0 Å². The highest BCUT2D eigenvalue weighted by Crippen LogP contribution is 2.12. The fourth-order valence-electron chi connectivity index (χ4n) is 1.73. The Hall–Kier alpha value is -1.41. The molecule has 2 rings (SSSR count). The van der Waals surface area contributed by atoms with Crippen molar-refractivity contribution in [1.82, 2.24) is 0 Å². The standard InChI is InChI=1S/C13H16NOS.BF4/c1-11-13(7-8-15)16-10-14(11)9-12-5-3-2-4-6-12;2-1(3,4)5/h2-6,10,15H,7-9H2,1H3;/q+1;-1. The molecule has 2 nitrogen and oxygen atoms in total. The lowest BCUT2D eigenvalue weighted by Crippen LogP contribution is -2.35. The zero-order chi connectivity index (χ0) is 15.9. The number of aliphatic hydroxyl groups is 1. The Kier molecular flexibility index (Phi) is 6.84. The van der Waals surface area contributed by atoms with Gasteiger partial charge in [0.1, 0.15) is 0 Å². The van der Waals surface area contributed by atoms with Gasteiger partial charge in [-0.15, -0.1) is 0 Å². The van der Waals surface area contributed by atoms with Crippen molar-refractivity contribution < 1.29 is 26.9 Å². The van der Waals surface area contributed by atoms with E-state index in [2.05, 4.69) is 41.3 Å². The number of aliphatic hydroxyl groups excluding tert-OH is 1. The molecule has 0 spiro atoms. The normalized spacial score (nSPS) is 11.0. The van der Waals surface area contributed by atoms with Crippen LogP contribution in [0.25, 0.3) is 0 Å². The predicted molar refractivity (Wildman–Crippen MR) is 75.8 cm³/mol. The van der Waals surface area contributed by atoms with Gasteiger partial charge in [0.05, 0.1) is 4.88 Å². The Morgan fingerprint density at radius 2 is 1.71 bits per heavy atom. The Labute approximate surface area is 124 Å². The Morgan fingerprint density at radius 1 is 1.14 bits per heavy atom. The van der Waals surface area contributed by atoms with E-state index in [0.29, 0.717) is 0 Å². The summed E-state index contributed by atoms with van der Waals surface area (Å²) in [6, 6.07) is 10.4. The maximum atomic E-state index is 9.75. The van der Waals surface area contributed by atoms with E-state index < -0.39 is 7.25 Å². The molecule has 0 fully saturated rings. The summed E-state index contributed by atoms with van der Waals surface area (Å²) in [6.07, 6.45) is 0.762. The van der Waals surface area contributed by atoms with Gasteiger partial charge >= 0.3 is 7.25 Å². The summed E-state index contributed by atoms with van der Waals surface area (Å²) in [5.41, 5.74) is 4.71. The van der Waals surface area contributed by atoms with E-state index in [1.165, 1.54) is 16.1 Å². The average molecular weight is 321 g/mol. The number of thiazole rings is 1. The summed E-state index contributed by atoms with van der Waals surface area (Å²) in [6.45, 7) is 3.26. The van der Waals surface area contributed by atoms with Crippen LogP contribution in [0.15, 0.2) is 35.8 Å². The number of halogens is 4. The van der Waals surface area contributed by atoms with Crippen LogP contribution < -0.4 is 4.57 Å². The summed E-state index contributed by atoms with van der Waals surface area (Å²) in [5, 5.41) is 8.94. The number of aromatic nitrogens is 1. The largest absolute Gasteiger partial charge is 0.673 e. The average Bonchev–Trinajstić information content (AvgIpc) is 2.72. The number of hydrogen-bond donors (Lipinski definition) is 1. The molecule has 8 heteroatoms.